The SMILES string of the molecule is [Fe+2].c1ccc2nc3ccccc3nc2c1. The molecule has 0 atom stereocenters. The van der Waals surface area contributed by atoms with E-state index in [1.54, 1.807) is 0 Å². The molecule has 3 aromatic rings. The van der Waals surface area contributed by atoms with Gasteiger partial charge in [-0.2, -0.15) is 0 Å². The summed E-state index contributed by atoms with van der Waals surface area (Å²) in [7, 11) is 0. The second-order valence-electron chi connectivity index (χ2n) is 3.20. The zero-order valence-corrected chi connectivity index (χ0v) is 8.97. The predicted octanol–water partition coefficient (Wildman–Crippen LogP) is 2.78. The Labute approximate surface area is 97.8 Å². The normalized spacial score (nSPS) is 10.1. The summed E-state index contributed by atoms with van der Waals surface area (Å²) < 4.78 is 0. The van der Waals surface area contributed by atoms with Gasteiger partial charge in [-0.25, -0.2) is 9.97 Å². The Bertz CT molecular complexity index is 502. The van der Waals surface area contributed by atoms with E-state index in [2.05, 4.69) is 9.97 Å². The van der Waals surface area contributed by atoms with E-state index in [1.165, 1.54) is 0 Å². The van der Waals surface area contributed by atoms with Gasteiger partial charge in [0, 0.05) is 0 Å². The van der Waals surface area contributed by atoms with Crippen LogP contribution in [0.4, 0.5) is 0 Å². The average molecular weight is 236 g/mol. The van der Waals surface area contributed by atoms with Gasteiger partial charge in [-0.1, -0.05) is 24.3 Å². The standard InChI is InChI=1S/C12H8N2.Fe/c1-2-6-10-9(5-1)13-11-7-3-4-8-12(11)14-10;/h1-8H;/q;+2. The fourth-order valence-electron chi connectivity index (χ4n) is 1.57. The molecule has 0 N–H and O–H groups in total. The smallest absolute Gasteiger partial charge is 0.245 e. The average Bonchev–Trinajstić information content (AvgIpc) is 2.26. The molecule has 0 aliphatic heterocycles. The van der Waals surface area contributed by atoms with E-state index in [4.69, 9.17) is 0 Å². The maximum atomic E-state index is 4.52. The maximum Gasteiger partial charge on any atom is 2.00 e. The second-order valence-corrected chi connectivity index (χ2v) is 3.20. The number of hydrogen-bond acceptors (Lipinski definition) is 2. The molecule has 2 aromatic carbocycles. The molecule has 1 aromatic heterocycles. The molecule has 0 saturated carbocycles. The summed E-state index contributed by atoms with van der Waals surface area (Å²) in [6.45, 7) is 0. The second kappa shape index (κ2) is 3.97. The van der Waals surface area contributed by atoms with Gasteiger partial charge in [0.1, 0.15) is 0 Å². The zero-order valence-electron chi connectivity index (χ0n) is 7.87. The number of hydrogen-bond donors (Lipinski definition) is 0. The van der Waals surface area contributed by atoms with Crippen molar-refractivity contribution in [1.82, 2.24) is 9.97 Å². The molecule has 3 rings (SSSR count). The van der Waals surface area contributed by atoms with Gasteiger partial charge < -0.3 is 0 Å². The van der Waals surface area contributed by atoms with Gasteiger partial charge in [-0.15, -0.1) is 0 Å². The zero-order chi connectivity index (χ0) is 9.38. The van der Waals surface area contributed by atoms with Gasteiger partial charge in [-0.3, -0.25) is 0 Å². The van der Waals surface area contributed by atoms with Gasteiger partial charge in [0.05, 0.1) is 22.1 Å². The summed E-state index contributed by atoms with van der Waals surface area (Å²) >= 11 is 0. The van der Waals surface area contributed by atoms with Crippen LogP contribution in [0.5, 0.6) is 0 Å². The largest absolute Gasteiger partial charge is 2.00 e. The van der Waals surface area contributed by atoms with E-state index in [9.17, 15) is 0 Å². The van der Waals surface area contributed by atoms with Crippen molar-refractivity contribution in [2.24, 2.45) is 0 Å². The van der Waals surface area contributed by atoms with Crippen molar-refractivity contribution in [3.05, 3.63) is 48.5 Å². The van der Waals surface area contributed by atoms with Crippen LogP contribution in [-0.4, -0.2) is 9.97 Å². The minimum absolute atomic E-state index is 0. The van der Waals surface area contributed by atoms with E-state index in [1.807, 2.05) is 48.5 Å². The minimum Gasteiger partial charge on any atom is -0.245 e. The summed E-state index contributed by atoms with van der Waals surface area (Å²) in [5, 5.41) is 0. The molecule has 15 heavy (non-hydrogen) atoms. The van der Waals surface area contributed by atoms with Gasteiger partial charge in [0.25, 0.3) is 0 Å². The van der Waals surface area contributed by atoms with Crippen molar-refractivity contribution in [3.8, 4) is 0 Å². The van der Waals surface area contributed by atoms with Crippen LogP contribution in [0.2, 0.25) is 0 Å². The van der Waals surface area contributed by atoms with Crippen molar-refractivity contribution in [1.29, 1.82) is 0 Å². The quantitative estimate of drug-likeness (QED) is 0.443. The molecule has 2 nitrogen and oxygen atoms in total. The Morgan fingerprint density at radius 2 is 0.800 bits per heavy atom. The van der Waals surface area contributed by atoms with Crippen LogP contribution < -0.4 is 0 Å². The Kier molecular flexibility index (Phi) is 2.67. The molecule has 0 spiro atoms. The van der Waals surface area contributed by atoms with Gasteiger partial charge in [-0.05, 0) is 24.3 Å². The summed E-state index contributed by atoms with van der Waals surface area (Å²) in [6, 6.07) is 15.8. The van der Waals surface area contributed by atoms with Crippen LogP contribution in [0.15, 0.2) is 48.5 Å². The predicted molar refractivity (Wildman–Crippen MR) is 57.0 cm³/mol. The Hall–Kier alpha value is -1.44. The van der Waals surface area contributed by atoms with Crippen LogP contribution in [0.25, 0.3) is 22.1 Å². The van der Waals surface area contributed by atoms with Gasteiger partial charge in [0.15, 0.2) is 0 Å². The molecule has 0 fully saturated rings. The Morgan fingerprint density at radius 3 is 1.07 bits per heavy atom. The van der Waals surface area contributed by atoms with Crippen LogP contribution in [0.3, 0.4) is 0 Å². The van der Waals surface area contributed by atoms with E-state index in [0.29, 0.717) is 0 Å². The van der Waals surface area contributed by atoms with Gasteiger partial charge >= 0.3 is 17.1 Å². The molecule has 1 heterocycles. The third kappa shape index (κ3) is 1.72. The van der Waals surface area contributed by atoms with E-state index in [-0.39, 0.29) is 17.1 Å². The van der Waals surface area contributed by atoms with Crippen molar-refractivity contribution in [2.75, 3.05) is 0 Å². The van der Waals surface area contributed by atoms with Crippen LogP contribution in [0.1, 0.15) is 0 Å². The summed E-state index contributed by atoms with van der Waals surface area (Å²) in [5.41, 5.74) is 3.80. The van der Waals surface area contributed by atoms with Crippen molar-refractivity contribution in [3.63, 3.8) is 0 Å². The number of benzene rings is 2. The molecule has 0 unspecified atom stereocenters. The van der Waals surface area contributed by atoms with E-state index >= 15 is 0 Å². The van der Waals surface area contributed by atoms with Crippen LogP contribution in [0, 0.1) is 0 Å². The maximum absolute atomic E-state index is 4.52. The molecular formula is C12H8FeN2+2. The first-order valence-corrected chi connectivity index (χ1v) is 4.55. The number of aromatic nitrogens is 2. The molecule has 0 saturated heterocycles. The minimum atomic E-state index is 0. The fourth-order valence-corrected chi connectivity index (χ4v) is 1.57. The Balaban J connectivity index is 0.000000853. The van der Waals surface area contributed by atoms with E-state index < -0.39 is 0 Å². The number of fused-ring (bicyclic) bond motifs is 2. The third-order valence-electron chi connectivity index (χ3n) is 2.25. The fraction of sp³-hybridized carbons (Fsp3) is 0. The van der Waals surface area contributed by atoms with Crippen molar-refractivity contribution < 1.29 is 17.1 Å². The molecular weight excluding hydrogens is 228 g/mol. The number of nitrogens with zero attached hydrogens (tertiary/aromatic N) is 2. The molecule has 72 valence electrons. The third-order valence-corrected chi connectivity index (χ3v) is 2.25. The van der Waals surface area contributed by atoms with Crippen molar-refractivity contribution in [2.45, 2.75) is 0 Å². The molecule has 0 amide bonds. The summed E-state index contributed by atoms with van der Waals surface area (Å²) in [6.07, 6.45) is 0. The monoisotopic (exact) mass is 236 g/mol. The molecule has 0 radical (unpaired) electrons. The first-order chi connectivity index (χ1) is 6.93. The molecule has 0 aliphatic rings. The van der Waals surface area contributed by atoms with Crippen molar-refractivity contribution >= 4 is 22.1 Å². The topological polar surface area (TPSA) is 25.8 Å². The molecule has 0 aliphatic carbocycles. The van der Waals surface area contributed by atoms with E-state index in [0.717, 1.165) is 22.1 Å². The summed E-state index contributed by atoms with van der Waals surface area (Å²) in [5.74, 6) is 0. The first kappa shape index (κ1) is 10.1. The molecule has 3 heteroatoms. The van der Waals surface area contributed by atoms with Gasteiger partial charge in [0.2, 0.25) is 0 Å². The summed E-state index contributed by atoms with van der Waals surface area (Å²) in [4.78, 5) is 9.03. The van der Waals surface area contributed by atoms with Crippen LogP contribution >= 0.6 is 0 Å². The number of para-hydroxylation sites is 4. The number of rotatable bonds is 0. The first-order valence-electron chi connectivity index (χ1n) is 4.55. The molecule has 0 bridgehead atoms. The Morgan fingerprint density at radius 1 is 0.533 bits per heavy atom. The van der Waals surface area contributed by atoms with Crippen LogP contribution in [-0.2, 0) is 17.1 Å².